The Morgan fingerprint density at radius 2 is 2.18 bits per heavy atom. The van der Waals surface area contributed by atoms with Crippen LogP contribution in [0.5, 0.6) is 5.75 Å². The maximum absolute atomic E-state index is 12.2. The van der Waals surface area contributed by atoms with Crippen LogP contribution >= 0.6 is 0 Å². The maximum atomic E-state index is 12.2. The van der Waals surface area contributed by atoms with Crippen LogP contribution in [0.1, 0.15) is 28.6 Å². The second-order valence-corrected chi connectivity index (χ2v) is 3.74. The molecule has 0 atom stereocenters. The van der Waals surface area contributed by atoms with Gasteiger partial charge in [0.25, 0.3) is 0 Å². The average Bonchev–Trinajstić information content (AvgIpc) is 2.84. The first-order chi connectivity index (χ1) is 8.22. The van der Waals surface area contributed by atoms with E-state index in [2.05, 4.69) is 0 Å². The number of ether oxygens (including phenoxy) is 1. The molecule has 0 bridgehead atoms. The second-order valence-electron chi connectivity index (χ2n) is 3.74. The van der Waals surface area contributed by atoms with Crippen molar-refractivity contribution in [3.05, 3.63) is 53.5 Å². The van der Waals surface area contributed by atoms with Crippen LogP contribution in [0.25, 0.3) is 0 Å². The van der Waals surface area contributed by atoms with Gasteiger partial charge in [-0.05, 0) is 38.1 Å². The van der Waals surface area contributed by atoms with Gasteiger partial charge in [-0.25, -0.2) is 0 Å². The summed E-state index contributed by atoms with van der Waals surface area (Å²) in [7, 11) is 0. The minimum atomic E-state index is -0.151. The van der Waals surface area contributed by atoms with Crippen LogP contribution in [0.4, 0.5) is 0 Å². The minimum absolute atomic E-state index is 0.151. The first-order valence-electron chi connectivity index (χ1n) is 5.54. The van der Waals surface area contributed by atoms with Gasteiger partial charge >= 0.3 is 0 Å². The van der Waals surface area contributed by atoms with Crippen molar-refractivity contribution in [2.24, 2.45) is 0 Å². The summed E-state index contributed by atoms with van der Waals surface area (Å²) in [4.78, 5) is 12.2. The summed E-state index contributed by atoms with van der Waals surface area (Å²) < 4.78 is 10.6. The molecule has 2 aromatic rings. The van der Waals surface area contributed by atoms with Crippen LogP contribution in [-0.4, -0.2) is 12.4 Å². The molecular weight excluding hydrogens is 216 g/mol. The van der Waals surface area contributed by atoms with Crippen molar-refractivity contribution in [3.8, 4) is 5.75 Å². The average molecular weight is 230 g/mol. The Hall–Kier alpha value is -2.03. The molecule has 0 saturated carbocycles. The van der Waals surface area contributed by atoms with Crippen molar-refractivity contribution in [1.82, 2.24) is 0 Å². The fourth-order valence-electron chi connectivity index (χ4n) is 1.64. The number of ketones is 1. The Kier molecular flexibility index (Phi) is 3.28. The zero-order valence-corrected chi connectivity index (χ0v) is 9.90. The van der Waals surface area contributed by atoms with Crippen LogP contribution in [0.15, 0.2) is 41.0 Å². The van der Waals surface area contributed by atoms with Gasteiger partial charge in [0.15, 0.2) is 5.76 Å². The van der Waals surface area contributed by atoms with Crippen LogP contribution in [-0.2, 0) is 0 Å². The van der Waals surface area contributed by atoms with E-state index in [0.717, 1.165) is 5.56 Å². The number of aryl methyl sites for hydroxylation is 1. The van der Waals surface area contributed by atoms with Gasteiger partial charge in [0, 0.05) is 0 Å². The molecule has 0 saturated heterocycles. The number of carbonyl (C=O) groups is 1. The normalized spacial score (nSPS) is 10.2. The monoisotopic (exact) mass is 230 g/mol. The lowest BCUT2D eigenvalue weighted by molar-refractivity contribution is 0.101. The van der Waals surface area contributed by atoms with E-state index in [9.17, 15) is 4.79 Å². The number of hydrogen-bond acceptors (Lipinski definition) is 3. The van der Waals surface area contributed by atoms with Gasteiger partial charge in [-0.2, -0.15) is 0 Å². The predicted octanol–water partition coefficient (Wildman–Crippen LogP) is 3.22. The molecule has 0 radical (unpaired) electrons. The molecule has 17 heavy (non-hydrogen) atoms. The van der Waals surface area contributed by atoms with E-state index >= 15 is 0 Å². The van der Waals surface area contributed by atoms with Crippen molar-refractivity contribution in [2.45, 2.75) is 13.8 Å². The quantitative estimate of drug-likeness (QED) is 0.757. The Morgan fingerprint density at radius 1 is 1.35 bits per heavy atom. The molecular formula is C14H14O3. The van der Waals surface area contributed by atoms with Gasteiger partial charge in [0.2, 0.25) is 5.78 Å². The lowest BCUT2D eigenvalue weighted by Crippen LogP contribution is -2.05. The van der Waals surface area contributed by atoms with Gasteiger partial charge in [0.1, 0.15) is 5.75 Å². The molecule has 1 aromatic heterocycles. The first kappa shape index (κ1) is 11.5. The highest BCUT2D eigenvalue weighted by Gasteiger charge is 2.16. The first-order valence-corrected chi connectivity index (χ1v) is 5.54. The van der Waals surface area contributed by atoms with Crippen LogP contribution in [0.3, 0.4) is 0 Å². The van der Waals surface area contributed by atoms with Gasteiger partial charge in [-0.3, -0.25) is 4.79 Å². The Labute approximate surface area is 100 Å². The molecule has 0 N–H and O–H groups in total. The van der Waals surface area contributed by atoms with E-state index < -0.39 is 0 Å². The second kappa shape index (κ2) is 4.87. The van der Waals surface area contributed by atoms with E-state index in [1.54, 1.807) is 12.1 Å². The predicted molar refractivity (Wildman–Crippen MR) is 64.5 cm³/mol. The molecule has 0 aliphatic rings. The highest BCUT2D eigenvalue weighted by atomic mass is 16.5. The highest BCUT2D eigenvalue weighted by molar-refractivity contribution is 6.09. The van der Waals surface area contributed by atoms with E-state index in [4.69, 9.17) is 9.15 Å². The molecule has 0 amide bonds. The zero-order chi connectivity index (χ0) is 12.3. The lowest BCUT2D eigenvalue weighted by Gasteiger charge is -2.09. The van der Waals surface area contributed by atoms with Gasteiger partial charge < -0.3 is 9.15 Å². The summed E-state index contributed by atoms with van der Waals surface area (Å²) in [5.74, 6) is 0.776. The van der Waals surface area contributed by atoms with Crippen molar-refractivity contribution in [2.75, 3.05) is 6.61 Å². The molecule has 0 unspecified atom stereocenters. The summed E-state index contributed by atoms with van der Waals surface area (Å²) in [6, 6.07) is 8.90. The highest BCUT2D eigenvalue weighted by Crippen LogP contribution is 2.23. The van der Waals surface area contributed by atoms with E-state index in [1.165, 1.54) is 6.26 Å². The zero-order valence-electron chi connectivity index (χ0n) is 9.90. The number of benzene rings is 1. The summed E-state index contributed by atoms with van der Waals surface area (Å²) in [5, 5.41) is 0. The minimum Gasteiger partial charge on any atom is -0.493 e. The molecule has 3 nitrogen and oxygen atoms in total. The van der Waals surface area contributed by atoms with Crippen molar-refractivity contribution < 1.29 is 13.9 Å². The van der Waals surface area contributed by atoms with Gasteiger partial charge in [-0.15, -0.1) is 0 Å². The third-order valence-corrected chi connectivity index (χ3v) is 2.42. The van der Waals surface area contributed by atoms with Crippen LogP contribution in [0.2, 0.25) is 0 Å². The number of furan rings is 1. The standard InChI is InChI=1S/C14H14O3/c1-3-16-12-7-6-10(2)9-11(12)14(15)13-5-4-8-17-13/h4-9H,3H2,1-2H3. The van der Waals surface area contributed by atoms with E-state index in [0.29, 0.717) is 23.7 Å². The molecule has 1 aromatic carbocycles. The SMILES string of the molecule is CCOc1ccc(C)cc1C(=O)c1ccco1. The maximum Gasteiger partial charge on any atom is 0.231 e. The molecule has 0 fully saturated rings. The van der Waals surface area contributed by atoms with Crippen molar-refractivity contribution in [1.29, 1.82) is 0 Å². The molecule has 1 heterocycles. The fourth-order valence-corrected chi connectivity index (χ4v) is 1.64. The Bertz CT molecular complexity index is 512. The third-order valence-electron chi connectivity index (χ3n) is 2.42. The Balaban J connectivity index is 2.42. The summed E-state index contributed by atoms with van der Waals surface area (Å²) >= 11 is 0. The number of carbonyl (C=O) groups excluding carboxylic acids is 1. The van der Waals surface area contributed by atoms with Gasteiger partial charge in [0.05, 0.1) is 18.4 Å². The van der Waals surface area contributed by atoms with E-state index in [1.807, 2.05) is 32.0 Å². The smallest absolute Gasteiger partial charge is 0.231 e. The van der Waals surface area contributed by atoms with Crippen LogP contribution in [0, 0.1) is 6.92 Å². The molecule has 0 spiro atoms. The fraction of sp³-hybridized carbons (Fsp3) is 0.214. The van der Waals surface area contributed by atoms with E-state index in [-0.39, 0.29) is 5.78 Å². The summed E-state index contributed by atoms with van der Waals surface area (Å²) in [5.41, 5.74) is 1.56. The molecule has 3 heteroatoms. The molecule has 0 aliphatic carbocycles. The number of hydrogen-bond donors (Lipinski definition) is 0. The molecule has 0 aliphatic heterocycles. The van der Waals surface area contributed by atoms with Crippen molar-refractivity contribution in [3.63, 3.8) is 0 Å². The molecule has 2 rings (SSSR count). The lowest BCUT2D eigenvalue weighted by atomic mass is 10.0. The largest absolute Gasteiger partial charge is 0.493 e. The van der Waals surface area contributed by atoms with Gasteiger partial charge in [-0.1, -0.05) is 11.6 Å². The Morgan fingerprint density at radius 3 is 2.82 bits per heavy atom. The topological polar surface area (TPSA) is 39.4 Å². The number of rotatable bonds is 4. The van der Waals surface area contributed by atoms with Crippen LogP contribution < -0.4 is 4.74 Å². The summed E-state index contributed by atoms with van der Waals surface area (Å²) in [6.07, 6.45) is 1.49. The molecule has 88 valence electrons. The van der Waals surface area contributed by atoms with Crippen molar-refractivity contribution >= 4 is 5.78 Å². The summed E-state index contributed by atoms with van der Waals surface area (Å²) in [6.45, 7) is 4.36. The third kappa shape index (κ3) is 2.38.